The highest BCUT2D eigenvalue weighted by atomic mass is 14.3. The first-order valence-electron chi connectivity index (χ1n) is 18.7. The van der Waals surface area contributed by atoms with Crippen molar-refractivity contribution >= 4 is 108 Å². The second kappa shape index (κ2) is 9.76. The average Bonchev–Trinajstić information content (AvgIpc) is 3.72. The van der Waals surface area contributed by atoms with E-state index in [0.717, 1.165) is 0 Å². The lowest BCUT2D eigenvalue weighted by molar-refractivity contribution is 1.55. The van der Waals surface area contributed by atoms with Gasteiger partial charge in [0.1, 0.15) is 0 Å². The molecule has 53 heavy (non-hydrogen) atoms. The van der Waals surface area contributed by atoms with Gasteiger partial charge >= 0.3 is 0 Å². The van der Waals surface area contributed by atoms with Crippen LogP contribution in [-0.4, -0.2) is 0 Å². The van der Waals surface area contributed by atoms with Crippen molar-refractivity contribution in [2.45, 2.75) is 6.92 Å². The average molecular weight is 667 g/mol. The summed E-state index contributed by atoms with van der Waals surface area (Å²) < 4.78 is 0. The summed E-state index contributed by atoms with van der Waals surface area (Å²) in [5, 5.41) is 27.0. The first-order valence-corrected chi connectivity index (χ1v) is 18.7. The Kier molecular flexibility index (Phi) is 5.14. The minimum Gasteiger partial charge on any atom is -0.0622 e. The van der Waals surface area contributed by atoms with Crippen molar-refractivity contribution in [3.8, 4) is 22.3 Å². The zero-order chi connectivity index (χ0) is 34.5. The monoisotopic (exact) mass is 666 g/mol. The van der Waals surface area contributed by atoms with Crippen LogP contribution in [0.5, 0.6) is 0 Å². The maximum absolute atomic E-state index is 2.58. The molecular weight excluding hydrogens is 637 g/mol. The molecule has 0 spiro atoms. The van der Waals surface area contributed by atoms with Crippen LogP contribution in [-0.2, 0) is 0 Å². The molecule has 0 heteroatoms. The maximum Gasteiger partial charge on any atom is -0.000673 e. The molecule has 0 nitrogen and oxygen atoms in total. The van der Waals surface area contributed by atoms with Gasteiger partial charge in [-0.2, -0.15) is 0 Å². The van der Waals surface area contributed by atoms with Crippen LogP contribution < -0.4 is 0 Å². The van der Waals surface area contributed by atoms with Crippen molar-refractivity contribution in [2.24, 2.45) is 0 Å². The quantitative estimate of drug-likeness (QED) is 0.127. The van der Waals surface area contributed by atoms with E-state index in [9.17, 15) is 0 Å². The molecule has 0 saturated heterocycles. The molecule has 13 aromatic rings. The number of aryl methyl sites for hydroxylation is 1. The molecule has 0 unspecified atom stereocenters. The molecule has 0 fully saturated rings. The molecule has 0 amide bonds. The van der Waals surface area contributed by atoms with Gasteiger partial charge in [0.05, 0.1) is 0 Å². The fourth-order valence-electron chi connectivity index (χ4n) is 10.6. The molecule has 0 aliphatic carbocycles. The van der Waals surface area contributed by atoms with Crippen molar-refractivity contribution in [2.75, 3.05) is 0 Å². The van der Waals surface area contributed by atoms with Crippen LogP contribution >= 0.6 is 0 Å². The summed E-state index contributed by atoms with van der Waals surface area (Å²) in [7, 11) is 0. The smallest absolute Gasteiger partial charge is 0.000673 e. The molecule has 0 bridgehead atoms. The molecule has 13 aromatic carbocycles. The predicted molar refractivity (Wildman–Crippen MR) is 231 cm³/mol. The summed E-state index contributed by atoms with van der Waals surface area (Å²) in [6, 6.07) is 62.0. The molecule has 0 aromatic heterocycles. The van der Waals surface area contributed by atoms with E-state index in [-0.39, 0.29) is 0 Å². The second-order valence-electron chi connectivity index (χ2n) is 15.1. The van der Waals surface area contributed by atoms with Crippen LogP contribution in [0, 0.1) is 6.92 Å². The highest BCUT2D eigenvalue weighted by molar-refractivity contribution is 6.52. The number of rotatable bonds is 2. The van der Waals surface area contributed by atoms with Gasteiger partial charge in [0.2, 0.25) is 0 Å². The molecule has 13 rings (SSSR count). The maximum atomic E-state index is 2.58. The highest BCUT2D eigenvalue weighted by Gasteiger charge is 2.28. The molecule has 0 atom stereocenters. The number of benzene rings is 11. The van der Waals surface area contributed by atoms with Crippen molar-refractivity contribution in [1.29, 1.82) is 0 Å². The van der Waals surface area contributed by atoms with E-state index in [2.05, 4.69) is 171 Å². The van der Waals surface area contributed by atoms with Crippen molar-refractivity contribution in [3.63, 3.8) is 0 Å². The summed E-state index contributed by atoms with van der Waals surface area (Å²) in [4.78, 5) is 0. The molecule has 0 heterocycles. The van der Waals surface area contributed by atoms with Gasteiger partial charge in [-0.05, 0) is 149 Å². The van der Waals surface area contributed by atoms with Gasteiger partial charge in [-0.15, -0.1) is 0 Å². The topological polar surface area (TPSA) is 0 Å². The third-order valence-corrected chi connectivity index (χ3v) is 12.6. The van der Waals surface area contributed by atoms with E-state index < -0.39 is 0 Å². The fourth-order valence-corrected chi connectivity index (χ4v) is 10.6. The zero-order valence-electron chi connectivity index (χ0n) is 29.1. The lowest BCUT2D eigenvalue weighted by Gasteiger charge is -2.22. The van der Waals surface area contributed by atoms with Gasteiger partial charge in [-0.3, -0.25) is 0 Å². The summed E-state index contributed by atoms with van der Waals surface area (Å²) >= 11 is 0. The summed E-state index contributed by atoms with van der Waals surface area (Å²) in [5.74, 6) is 0. The van der Waals surface area contributed by atoms with Crippen LogP contribution in [0.15, 0.2) is 164 Å². The minimum absolute atomic E-state index is 1.24. The van der Waals surface area contributed by atoms with Crippen LogP contribution in [0.3, 0.4) is 0 Å². The van der Waals surface area contributed by atoms with Crippen LogP contribution in [0.2, 0.25) is 0 Å². The van der Waals surface area contributed by atoms with Crippen LogP contribution in [0.25, 0.3) is 130 Å². The van der Waals surface area contributed by atoms with Gasteiger partial charge in [0, 0.05) is 0 Å². The summed E-state index contributed by atoms with van der Waals surface area (Å²) in [6.45, 7) is 2.27. The first-order chi connectivity index (χ1) is 26.3. The lowest BCUT2D eigenvalue weighted by Crippen LogP contribution is -1.94. The van der Waals surface area contributed by atoms with E-state index >= 15 is 0 Å². The van der Waals surface area contributed by atoms with Crippen LogP contribution in [0.1, 0.15) is 5.56 Å². The Labute approximate surface area is 305 Å². The Hall–Kier alpha value is -6.76. The summed E-state index contributed by atoms with van der Waals surface area (Å²) in [6.07, 6.45) is 0. The summed E-state index contributed by atoms with van der Waals surface area (Å²) in [5.41, 5.74) is 6.42. The van der Waals surface area contributed by atoms with Crippen molar-refractivity contribution in [3.05, 3.63) is 169 Å². The molecule has 242 valence electrons. The van der Waals surface area contributed by atoms with E-state index in [4.69, 9.17) is 0 Å². The Bertz CT molecular complexity index is 3630. The van der Waals surface area contributed by atoms with E-state index in [1.165, 1.54) is 136 Å². The van der Waals surface area contributed by atoms with Gasteiger partial charge in [-0.1, -0.05) is 158 Å². The number of hydrogen-bond acceptors (Lipinski definition) is 0. The molecular formula is C53H30. The van der Waals surface area contributed by atoms with E-state index in [0.29, 0.717) is 0 Å². The number of hydrogen-bond donors (Lipinski definition) is 0. The molecule has 0 saturated carbocycles. The van der Waals surface area contributed by atoms with Crippen LogP contribution in [0.4, 0.5) is 0 Å². The molecule has 0 N–H and O–H groups in total. The third-order valence-electron chi connectivity index (χ3n) is 12.6. The minimum atomic E-state index is 1.24. The van der Waals surface area contributed by atoms with E-state index in [1.807, 2.05) is 0 Å². The largest absolute Gasteiger partial charge is 0.0622 e. The molecule has 0 aliphatic rings. The first kappa shape index (κ1) is 27.9. The molecule has 0 aliphatic heterocycles. The van der Waals surface area contributed by atoms with Gasteiger partial charge in [0.15, 0.2) is 0 Å². The van der Waals surface area contributed by atoms with Gasteiger partial charge in [-0.25, -0.2) is 0 Å². The van der Waals surface area contributed by atoms with Crippen molar-refractivity contribution in [1.82, 2.24) is 0 Å². The standard InChI is InChI=1S/C53H30/c1-29-26-27-41-46-33(29)20-11-25-40(46)50-48-37-22-8-15-31-14-7-21-36(44(31)37)42(48)28-43-47(35-19-6-5-18-34(35)30-12-3-2-4-13-30)49-38-23-9-16-32-17-10-24-39(45(32)38)51(49)52(41)53(43)50/h2-28H,1H3. The Morgan fingerprint density at radius 1 is 0.264 bits per heavy atom. The predicted octanol–water partition coefficient (Wildman–Crippen LogP) is 15.2. The normalized spacial score (nSPS) is 12.6. The fraction of sp³-hybridized carbons (Fsp3) is 0.0189. The highest BCUT2D eigenvalue weighted by Crippen LogP contribution is 2.57. The third kappa shape index (κ3) is 3.34. The Balaban J connectivity index is 1.45. The SMILES string of the molecule is Cc1ccc2c3c1cccc3c1c3c(cc4c(-c5ccccc5-c5ccccc5)c5c6cccc7cccc(c76)c5c2c41)c1cccc2cccc3c21. The number of fused-ring (bicyclic) bond motifs is 10. The van der Waals surface area contributed by atoms with Gasteiger partial charge in [0.25, 0.3) is 0 Å². The zero-order valence-corrected chi connectivity index (χ0v) is 29.1. The lowest BCUT2D eigenvalue weighted by atomic mass is 9.80. The Morgan fingerprint density at radius 3 is 1.49 bits per heavy atom. The second-order valence-corrected chi connectivity index (χ2v) is 15.1. The van der Waals surface area contributed by atoms with E-state index in [1.54, 1.807) is 0 Å². The Morgan fingerprint density at radius 2 is 0.755 bits per heavy atom. The van der Waals surface area contributed by atoms with Gasteiger partial charge < -0.3 is 0 Å². The van der Waals surface area contributed by atoms with Crippen molar-refractivity contribution < 1.29 is 0 Å². The molecule has 0 radical (unpaired) electrons.